The Morgan fingerprint density at radius 2 is 2.00 bits per heavy atom. The molecular formula is C27H30ClFN2O4. The number of β-amino-alcohol motifs (C(OH)–C–C–N with tert-alkyl or cyclic N) is 1. The Kier molecular flexibility index (Phi) is 8.93. The molecule has 1 amide bonds. The highest BCUT2D eigenvalue weighted by Gasteiger charge is 2.18. The lowest BCUT2D eigenvalue weighted by atomic mass is 9.99. The van der Waals surface area contributed by atoms with Gasteiger partial charge in [-0.2, -0.15) is 0 Å². The minimum Gasteiger partial charge on any atom is -0.490 e. The maximum atomic E-state index is 13.8. The molecule has 2 aromatic carbocycles. The molecule has 2 aliphatic heterocycles. The highest BCUT2D eigenvalue weighted by atomic mass is 35.5. The Morgan fingerprint density at radius 1 is 1.20 bits per heavy atom. The van der Waals surface area contributed by atoms with Gasteiger partial charge in [0.15, 0.2) is 0 Å². The number of aliphatic hydroxyl groups excluding tert-OH is 1. The highest BCUT2D eigenvalue weighted by molar-refractivity contribution is 6.30. The van der Waals surface area contributed by atoms with Crippen LogP contribution in [-0.4, -0.2) is 79.5 Å². The van der Waals surface area contributed by atoms with Crippen LogP contribution in [0.2, 0.25) is 5.02 Å². The van der Waals surface area contributed by atoms with Crippen LogP contribution in [0.3, 0.4) is 0 Å². The molecule has 0 unspecified atom stereocenters. The van der Waals surface area contributed by atoms with Crippen molar-refractivity contribution in [3.8, 4) is 5.75 Å². The molecule has 4 rings (SSSR count). The number of morpholine rings is 1. The summed E-state index contributed by atoms with van der Waals surface area (Å²) >= 11 is 5.78. The molecule has 1 atom stereocenters. The molecule has 0 aromatic heterocycles. The smallest absolute Gasteiger partial charge is 0.246 e. The molecule has 2 aromatic rings. The van der Waals surface area contributed by atoms with Gasteiger partial charge in [0, 0.05) is 44.4 Å². The van der Waals surface area contributed by atoms with Gasteiger partial charge in [-0.05, 0) is 41.8 Å². The zero-order chi connectivity index (χ0) is 24.6. The van der Waals surface area contributed by atoms with E-state index in [1.165, 1.54) is 6.07 Å². The minimum absolute atomic E-state index is 0.0537. The Bertz CT molecular complexity index is 1080. The molecule has 0 radical (unpaired) electrons. The quantitative estimate of drug-likeness (QED) is 0.557. The molecule has 1 fully saturated rings. The van der Waals surface area contributed by atoms with Crippen LogP contribution in [0.4, 0.5) is 4.39 Å². The van der Waals surface area contributed by atoms with Gasteiger partial charge in [0.1, 0.15) is 24.3 Å². The van der Waals surface area contributed by atoms with Crippen LogP contribution < -0.4 is 4.74 Å². The number of carbonyl (C=O) groups excluding carboxylic acids is 1. The van der Waals surface area contributed by atoms with E-state index in [0.717, 1.165) is 29.7 Å². The van der Waals surface area contributed by atoms with E-state index < -0.39 is 11.9 Å². The fraction of sp³-hybridized carbons (Fsp3) is 0.370. The van der Waals surface area contributed by atoms with Gasteiger partial charge < -0.3 is 19.5 Å². The molecule has 0 bridgehead atoms. The third kappa shape index (κ3) is 7.15. The first-order valence-electron chi connectivity index (χ1n) is 11.8. The summed E-state index contributed by atoms with van der Waals surface area (Å²) in [5.74, 6) is 0.144. The van der Waals surface area contributed by atoms with Gasteiger partial charge in [-0.25, -0.2) is 4.39 Å². The van der Waals surface area contributed by atoms with Gasteiger partial charge in [-0.1, -0.05) is 41.9 Å². The number of rotatable bonds is 8. The predicted molar refractivity (Wildman–Crippen MR) is 135 cm³/mol. The third-order valence-corrected chi connectivity index (χ3v) is 6.44. The van der Waals surface area contributed by atoms with Gasteiger partial charge in [0.2, 0.25) is 5.91 Å². The molecule has 2 aliphatic rings. The lowest BCUT2D eigenvalue weighted by Gasteiger charge is -2.28. The number of halogens is 2. The molecule has 6 nitrogen and oxygen atoms in total. The van der Waals surface area contributed by atoms with Crippen molar-refractivity contribution in [1.29, 1.82) is 0 Å². The summed E-state index contributed by atoms with van der Waals surface area (Å²) in [7, 11) is 0. The largest absolute Gasteiger partial charge is 0.490 e. The second-order valence-corrected chi connectivity index (χ2v) is 9.05. The first kappa shape index (κ1) is 25.4. The Balaban J connectivity index is 1.27. The maximum Gasteiger partial charge on any atom is 0.246 e. The van der Waals surface area contributed by atoms with E-state index in [9.17, 15) is 14.3 Å². The lowest BCUT2D eigenvalue weighted by molar-refractivity contribution is -0.129. The van der Waals surface area contributed by atoms with Crippen molar-refractivity contribution in [2.24, 2.45) is 0 Å². The van der Waals surface area contributed by atoms with Crippen LogP contribution in [0.1, 0.15) is 17.5 Å². The van der Waals surface area contributed by atoms with E-state index in [1.54, 1.807) is 23.1 Å². The fourth-order valence-corrected chi connectivity index (χ4v) is 4.29. The summed E-state index contributed by atoms with van der Waals surface area (Å²) < 4.78 is 24.9. The lowest BCUT2D eigenvalue weighted by Crippen LogP contribution is -2.39. The number of aliphatic hydroxyl groups is 1. The Hall–Kier alpha value is -2.71. The number of hydrogen-bond acceptors (Lipinski definition) is 5. The van der Waals surface area contributed by atoms with E-state index in [1.807, 2.05) is 30.3 Å². The van der Waals surface area contributed by atoms with Crippen molar-refractivity contribution >= 4 is 29.2 Å². The number of ether oxygens (including phenoxy) is 2. The van der Waals surface area contributed by atoms with Gasteiger partial charge in [-0.3, -0.25) is 9.69 Å². The first-order chi connectivity index (χ1) is 17.0. The molecule has 2 heterocycles. The van der Waals surface area contributed by atoms with E-state index in [2.05, 4.69) is 11.0 Å². The molecule has 0 spiro atoms. The van der Waals surface area contributed by atoms with Crippen LogP contribution in [-0.2, 0) is 9.53 Å². The number of hydrogen-bond donors (Lipinski definition) is 1. The number of nitrogens with zero attached hydrogens (tertiary/aromatic N) is 2. The van der Waals surface area contributed by atoms with E-state index in [-0.39, 0.29) is 17.5 Å². The average Bonchev–Trinajstić information content (AvgIpc) is 2.89. The van der Waals surface area contributed by atoms with E-state index in [4.69, 9.17) is 21.1 Å². The van der Waals surface area contributed by atoms with Crippen LogP contribution in [0.15, 0.2) is 54.6 Å². The van der Waals surface area contributed by atoms with Gasteiger partial charge in [0.25, 0.3) is 0 Å². The molecule has 186 valence electrons. The summed E-state index contributed by atoms with van der Waals surface area (Å²) in [6.07, 6.45) is 5.44. The van der Waals surface area contributed by atoms with Crippen molar-refractivity contribution in [3.63, 3.8) is 0 Å². The second kappa shape index (κ2) is 12.3. The van der Waals surface area contributed by atoms with Crippen LogP contribution in [0.5, 0.6) is 5.75 Å². The zero-order valence-electron chi connectivity index (χ0n) is 19.5. The summed E-state index contributed by atoms with van der Waals surface area (Å²) in [6, 6.07) is 12.3. The van der Waals surface area contributed by atoms with Crippen molar-refractivity contribution in [2.45, 2.75) is 12.5 Å². The normalized spacial score (nSPS) is 17.9. The van der Waals surface area contributed by atoms with Gasteiger partial charge in [0.05, 0.1) is 18.2 Å². The standard InChI is InChI=1S/C27H30ClFN2O4/c28-24-7-5-22(17-25(24)29)20-9-11-30(12-10-20)18-23(32)19-35-26-4-2-1-3-21(26)6-8-27(33)31-13-15-34-16-14-31/h1-9,17,23,32H,10-16,18-19H2/t23-/m0/s1. The van der Waals surface area contributed by atoms with Crippen molar-refractivity contribution in [3.05, 3.63) is 76.6 Å². The molecule has 0 aliphatic carbocycles. The fourth-order valence-electron chi connectivity index (χ4n) is 4.17. The van der Waals surface area contributed by atoms with E-state index >= 15 is 0 Å². The molecule has 1 N–H and O–H groups in total. The first-order valence-corrected chi connectivity index (χ1v) is 12.2. The maximum absolute atomic E-state index is 13.8. The molecular weight excluding hydrogens is 471 g/mol. The van der Waals surface area contributed by atoms with Gasteiger partial charge >= 0.3 is 0 Å². The summed E-state index contributed by atoms with van der Waals surface area (Å²) in [5.41, 5.74) is 2.70. The minimum atomic E-state index is -0.676. The van der Waals surface area contributed by atoms with Crippen molar-refractivity contribution in [1.82, 2.24) is 9.80 Å². The third-order valence-electron chi connectivity index (χ3n) is 6.13. The number of para-hydroxylation sites is 1. The molecule has 1 saturated heterocycles. The summed E-state index contributed by atoms with van der Waals surface area (Å²) in [5, 5.41) is 10.7. The van der Waals surface area contributed by atoms with Crippen LogP contribution >= 0.6 is 11.6 Å². The number of carbonyl (C=O) groups is 1. The Labute approximate surface area is 210 Å². The molecule has 8 heteroatoms. The Morgan fingerprint density at radius 3 is 2.74 bits per heavy atom. The zero-order valence-corrected chi connectivity index (χ0v) is 20.3. The van der Waals surface area contributed by atoms with Crippen LogP contribution in [0.25, 0.3) is 11.6 Å². The van der Waals surface area contributed by atoms with Gasteiger partial charge in [-0.15, -0.1) is 0 Å². The molecule has 35 heavy (non-hydrogen) atoms. The predicted octanol–water partition coefficient (Wildman–Crippen LogP) is 3.88. The number of benzene rings is 2. The van der Waals surface area contributed by atoms with E-state index in [0.29, 0.717) is 45.1 Å². The summed E-state index contributed by atoms with van der Waals surface area (Å²) in [6.45, 7) is 4.34. The summed E-state index contributed by atoms with van der Waals surface area (Å²) in [4.78, 5) is 16.3. The molecule has 0 saturated carbocycles. The highest BCUT2D eigenvalue weighted by Crippen LogP contribution is 2.26. The van der Waals surface area contributed by atoms with Crippen molar-refractivity contribution < 1.29 is 23.8 Å². The number of amides is 1. The SMILES string of the molecule is O=C(C=Cc1ccccc1OC[C@@H](O)CN1CC=C(c2ccc(Cl)c(F)c2)CC1)N1CCOCC1. The van der Waals surface area contributed by atoms with Crippen molar-refractivity contribution in [2.75, 3.05) is 52.5 Å². The van der Waals surface area contributed by atoms with Crippen LogP contribution in [0, 0.1) is 5.82 Å². The average molecular weight is 501 g/mol. The second-order valence-electron chi connectivity index (χ2n) is 8.64. The topological polar surface area (TPSA) is 62.2 Å². The monoisotopic (exact) mass is 500 g/mol.